The predicted octanol–water partition coefficient (Wildman–Crippen LogP) is 9.36. The van der Waals surface area contributed by atoms with Gasteiger partial charge in [-0.3, -0.25) is 0 Å². The smallest absolute Gasteiger partial charge is 0.0770 e. The Labute approximate surface area is 240 Å². The van der Waals surface area contributed by atoms with E-state index in [1.165, 1.54) is 66.3 Å². The van der Waals surface area contributed by atoms with Crippen LogP contribution in [0.4, 0.5) is 11.4 Å². The molecule has 5 heteroatoms. The average Bonchev–Trinajstić information content (AvgIpc) is 2.99. The number of hydrogen-bond acceptors (Lipinski definition) is 5. The minimum absolute atomic E-state index is 0.838. The molecule has 0 fully saturated rings. The Bertz CT molecular complexity index is 1710. The Hall–Kier alpha value is -3.83. The Morgan fingerprint density at radius 1 is 0.575 bits per heavy atom. The number of unbranched alkanes of at least 4 members (excludes halogenated alkanes) is 5. The number of nitrogen functional groups attached to an aromatic ring is 1. The predicted molar refractivity (Wildman–Crippen MR) is 175 cm³/mol. The molecule has 0 unspecified atom stereocenters. The van der Waals surface area contributed by atoms with Gasteiger partial charge in [0.1, 0.15) is 0 Å². The molecular formula is C35H36N4S. The molecule has 2 aromatic heterocycles. The van der Waals surface area contributed by atoms with Crippen molar-refractivity contribution in [3.05, 3.63) is 96.6 Å². The van der Waals surface area contributed by atoms with Crippen molar-refractivity contribution in [3.63, 3.8) is 0 Å². The van der Waals surface area contributed by atoms with Gasteiger partial charge in [0.05, 0.1) is 33.4 Å². The number of hydrogen-bond donors (Lipinski definition) is 2. The zero-order chi connectivity index (χ0) is 27.1. The summed E-state index contributed by atoms with van der Waals surface area (Å²) in [6.45, 7) is 0.993. The van der Waals surface area contributed by atoms with Crippen LogP contribution in [0.5, 0.6) is 0 Å². The fraction of sp³-hybridized carbons (Fsp3) is 0.257. The molecular weight excluding hydrogens is 508 g/mol. The highest BCUT2D eigenvalue weighted by Gasteiger charge is 2.10. The van der Waals surface area contributed by atoms with Crippen LogP contribution in [0.25, 0.3) is 43.6 Å². The summed E-state index contributed by atoms with van der Waals surface area (Å²) in [7, 11) is 0. The molecule has 3 N–H and O–H groups in total. The van der Waals surface area contributed by atoms with Crippen LogP contribution < -0.4 is 11.1 Å². The van der Waals surface area contributed by atoms with Gasteiger partial charge in [-0.15, -0.1) is 0 Å². The van der Waals surface area contributed by atoms with Crippen LogP contribution in [0, 0.1) is 0 Å². The number of anilines is 2. The maximum Gasteiger partial charge on any atom is 0.0770 e. The van der Waals surface area contributed by atoms with E-state index in [2.05, 4.69) is 78.1 Å². The molecule has 202 valence electrons. The van der Waals surface area contributed by atoms with Crippen LogP contribution in [0.3, 0.4) is 0 Å². The summed E-state index contributed by atoms with van der Waals surface area (Å²) in [6.07, 6.45) is 7.61. The van der Waals surface area contributed by atoms with Crippen molar-refractivity contribution in [1.29, 1.82) is 0 Å². The molecule has 2 heterocycles. The lowest BCUT2D eigenvalue weighted by Gasteiger charge is -2.13. The molecule has 0 bridgehead atoms. The van der Waals surface area contributed by atoms with Gasteiger partial charge < -0.3 is 11.1 Å². The number of nitrogens with one attached hydrogen (secondary N) is 1. The van der Waals surface area contributed by atoms with Crippen LogP contribution in [0.1, 0.15) is 44.1 Å². The lowest BCUT2D eigenvalue weighted by Crippen LogP contribution is -2.03. The minimum atomic E-state index is 0.838. The monoisotopic (exact) mass is 544 g/mol. The maximum atomic E-state index is 6.50. The molecule has 0 amide bonds. The van der Waals surface area contributed by atoms with Gasteiger partial charge in [0.2, 0.25) is 0 Å². The van der Waals surface area contributed by atoms with Gasteiger partial charge in [-0.2, -0.15) is 11.8 Å². The summed E-state index contributed by atoms with van der Waals surface area (Å²) in [5.41, 5.74) is 14.0. The molecule has 6 rings (SSSR count). The fourth-order valence-electron chi connectivity index (χ4n) is 5.58. The second kappa shape index (κ2) is 12.6. The van der Waals surface area contributed by atoms with Crippen LogP contribution in [0.2, 0.25) is 0 Å². The molecule has 0 saturated heterocycles. The summed E-state index contributed by atoms with van der Waals surface area (Å²) in [5, 5.41) is 8.24. The number of fused-ring (bicyclic) bond motifs is 4. The first kappa shape index (κ1) is 26.4. The van der Waals surface area contributed by atoms with Gasteiger partial charge in [0.15, 0.2) is 0 Å². The molecule has 0 spiro atoms. The van der Waals surface area contributed by atoms with Crippen molar-refractivity contribution < 1.29 is 0 Å². The van der Waals surface area contributed by atoms with Crippen LogP contribution in [-0.2, 0) is 5.75 Å². The van der Waals surface area contributed by atoms with Crippen molar-refractivity contribution in [3.8, 4) is 0 Å². The SMILES string of the molecule is Nc1c2ccccc2nc2c(CSCCCCCCCCNc3c4ccccc4nc4ccccc34)cccc12. The summed E-state index contributed by atoms with van der Waals surface area (Å²) in [5.74, 6) is 2.16. The number of nitrogens with zero attached hydrogens (tertiary/aromatic N) is 2. The first-order valence-corrected chi connectivity index (χ1v) is 15.6. The molecule has 4 aromatic carbocycles. The Balaban J connectivity index is 0.920. The largest absolute Gasteiger partial charge is 0.398 e. The Morgan fingerprint density at radius 2 is 1.15 bits per heavy atom. The van der Waals surface area contributed by atoms with Crippen molar-refractivity contribution in [1.82, 2.24) is 9.97 Å². The number of aromatic nitrogens is 2. The van der Waals surface area contributed by atoms with Gasteiger partial charge >= 0.3 is 0 Å². The molecule has 0 radical (unpaired) electrons. The highest BCUT2D eigenvalue weighted by molar-refractivity contribution is 7.98. The quantitative estimate of drug-likeness (QED) is 0.119. The van der Waals surface area contributed by atoms with Gasteiger partial charge in [-0.1, -0.05) is 98.5 Å². The van der Waals surface area contributed by atoms with Crippen molar-refractivity contribution >= 4 is 66.7 Å². The number of pyridine rings is 2. The zero-order valence-corrected chi connectivity index (χ0v) is 23.7. The zero-order valence-electron chi connectivity index (χ0n) is 22.9. The molecule has 0 aliphatic carbocycles. The highest BCUT2D eigenvalue weighted by atomic mass is 32.2. The average molecular weight is 545 g/mol. The van der Waals surface area contributed by atoms with E-state index in [0.29, 0.717) is 0 Å². The van der Waals surface area contributed by atoms with Crippen molar-refractivity contribution in [2.24, 2.45) is 0 Å². The van der Waals surface area contributed by atoms with E-state index >= 15 is 0 Å². The van der Waals surface area contributed by atoms with E-state index in [0.717, 1.165) is 50.8 Å². The van der Waals surface area contributed by atoms with E-state index in [9.17, 15) is 0 Å². The van der Waals surface area contributed by atoms with E-state index in [4.69, 9.17) is 15.7 Å². The van der Waals surface area contributed by atoms with Crippen LogP contribution in [-0.4, -0.2) is 22.3 Å². The Morgan fingerprint density at radius 3 is 1.88 bits per heavy atom. The molecule has 0 aliphatic rings. The third kappa shape index (κ3) is 5.71. The van der Waals surface area contributed by atoms with E-state index in [1.54, 1.807) is 0 Å². The van der Waals surface area contributed by atoms with Crippen LogP contribution >= 0.6 is 11.8 Å². The lowest BCUT2D eigenvalue weighted by atomic mass is 10.1. The highest BCUT2D eigenvalue weighted by Crippen LogP contribution is 2.32. The standard InChI is InChI=1S/C35H36N4S/c36-33-26-15-5-8-19-30(26)39-34-25(14-13-18-29(33)34)24-40-23-12-4-2-1-3-11-22-37-35-27-16-6-9-20-31(27)38-32-21-10-7-17-28(32)35/h5-10,13-21H,1-4,11-12,22-24H2,(H2,36,39)(H,37,38). The minimum Gasteiger partial charge on any atom is -0.398 e. The van der Waals surface area contributed by atoms with Gasteiger partial charge in [-0.25, -0.2) is 9.97 Å². The summed E-state index contributed by atoms with van der Waals surface area (Å²) >= 11 is 2.01. The molecule has 4 nitrogen and oxygen atoms in total. The van der Waals surface area contributed by atoms with E-state index in [1.807, 2.05) is 30.0 Å². The number of benzene rings is 4. The van der Waals surface area contributed by atoms with E-state index in [-0.39, 0.29) is 0 Å². The van der Waals surface area contributed by atoms with Gasteiger partial charge in [0.25, 0.3) is 0 Å². The first-order valence-electron chi connectivity index (χ1n) is 14.4. The molecule has 0 saturated carbocycles. The third-order valence-corrected chi connectivity index (χ3v) is 8.79. The topological polar surface area (TPSA) is 63.8 Å². The number of thioether (sulfide) groups is 1. The van der Waals surface area contributed by atoms with Gasteiger partial charge in [-0.05, 0) is 42.4 Å². The second-order valence-electron chi connectivity index (χ2n) is 10.5. The first-order chi connectivity index (χ1) is 19.8. The van der Waals surface area contributed by atoms with Crippen LogP contribution in [0.15, 0.2) is 91.0 Å². The van der Waals surface area contributed by atoms with E-state index < -0.39 is 0 Å². The number of para-hydroxylation sites is 4. The fourth-order valence-corrected chi connectivity index (χ4v) is 6.59. The van der Waals surface area contributed by atoms with Crippen molar-refractivity contribution in [2.45, 2.75) is 44.3 Å². The maximum absolute atomic E-state index is 6.50. The van der Waals surface area contributed by atoms with Gasteiger partial charge in [0, 0.05) is 33.8 Å². The normalized spacial score (nSPS) is 11.6. The molecule has 6 aromatic rings. The molecule has 0 atom stereocenters. The molecule has 0 aliphatic heterocycles. The third-order valence-electron chi connectivity index (χ3n) is 7.70. The summed E-state index contributed by atoms with van der Waals surface area (Å²) in [4.78, 5) is 9.78. The summed E-state index contributed by atoms with van der Waals surface area (Å²) < 4.78 is 0. The number of nitrogens with two attached hydrogens (primary N) is 1. The second-order valence-corrected chi connectivity index (χ2v) is 11.6. The van der Waals surface area contributed by atoms with Crippen molar-refractivity contribution in [2.75, 3.05) is 23.3 Å². The Kier molecular flexibility index (Phi) is 8.29. The molecule has 40 heavy (non-hydrogen) atoms. The summed E-state index contributed by atoms with van der Waals surface area (Å²) in [6, 6.07) is 31.4. The lowest BCUT2D eigenvalue weighted by molar-refractivity contribution is 0.619. The number of rotatable bonds is 12.